The van der Waals surface area contributed by atoms with Gasteiger partial charge in [0.25, 0.3) is 0 Å². The molecule has 0 N–H and O–H groups in total. The molecular weight excluding hydrogens is 426 g/mol. The minimum absolute atomic E-state index is 0.127. The Bertz CT molecular complexity index is 1150. The number of aromatic nitrogens is 1. The Kier molecular flexibility index (Phi) is 4.77. The van der Waals surface area contributed by atoms with Gasteiger partial charge in [-0.1, -0.05) is 45.7 Å². The molecule has 0 unspecified atom stereocenters. The molecule has 4 aromatic rings. The summed E-state index contributed by atoms with van der Waals surface area (Å²) in [6.45, 7) is 0. The molecule has 2 heterocycles. The summed E-state index contributed by atoms with van der Waals surface area (Å²) in [5.74, 6) is 0.642. The predicted octanol–water partition coefficient (Wildman–Crippen LogP) is 6.26. The average Bonchev–Trinajstić information content (AvgIpc) is 3.09. The summed E-state index contributed by atoms with van der Waals surface area (Å²) in [4.78, 5) is 13.5. The lowest BCUT2D eigenvalue weighted by atomic mass is 10.00. The molecule has 0 radical (unpaired) electrons. The molecule has 0 aliphatic carbocycles. The molecule has 0 aliphatic rings. The number of carbonyl (C=O) groups is 1. The zero-order chi connectivity index (χ0) is 19.0. The first-order valence-electron chi connectivity index (χ1n) is 8.33. The Hall–Kier alpha value is -2.56. The van der Waals surface area contributed by atoms with Gasteiger partial charge >= 0.3 is 0 Å². The topological polar surface area (TPSA) is 30.7 Å². The second-order valence-electron chi connectivity index (χ2n) is 6.08. The maximum absolute atomic E-state index is 13.5. The smallest absolute Gasteiger partial charge is 0.211 e. The number of hydrogen-bond acceptors (Lipinski definition) is 2. The van der Waals surface area contributed by atoms with Gasteiger partial charge in [-0.3, -0.25) is 4.79 Å². The number of carbonyl (C=O) groups excluding carboxylic acids is 1. The summed E-state index contributed by atoms with van der Waals surface area (Å²) in [7, 11) is 1.63. The van der Waals surface area contributed by atoms with Crippen LogP contribution in [-0.2, 0) is 0 Å². The van der Waals surface area contributed by atoms with Crippen molar-refractivity contribution in [1.29, 1.82) is 0 Å². The minimum atomic E-state index is -0.127. The first-order chi connectivity index (χ1) is 13.1. The highest BCUT2D eigenvalue weighted by molar-refractivity contribution is 9.10. The quantitative estimate of drug-likeness (QED) is 0.351. The van der Waals surface area contributed by atoms with Gasteiger partial charge in [-0.05, 0) is 54.1 Å². The zero-order valence-corrected chi connectivity index (χ0v) is 16.8. The van der Waals surface area contributed by atoms with Gasteiger partial charge in [0.2, 0.25) is 5.78 Å². The Labute approximate surface area is 170 Å². The number of hydrogen-bond donors (Lipinski definition) is 0. The van der Waals surface area contributed by atoms with Crippen LogP contribution in [0.15, 0.2) is 77.4 Å². The average molecular weight is 441 g/mol. The highest BCUT2D eigenvalue weighted by Gasteiger charge is 2.22. The number of methoxy groups -OCH3 is 1. The van der Waals surface area contributed by atoms with Crippen LogP contribution in [0.1, 0.15) is 16.1 Å². The summed E-state index contributed by atoms with van der Waals surface area (Å²) in [6, 6.07) is 20.8. The summed E-state index contributed by atoms with van der Waals surface area (Å²) in [5.41, 5.74) is 3.78. The molecule has 3 nitrogen and oxygen atoms in total. The van der Waals surface area contributed by atoms with Crippen molar-refractivity contribution >= 4 is 38.8 Å². The first-order valence-corrected chi connectivity index (χ1v) is 9.50. The van der Waals surface area contributed by atoms with E-state index < -0.39 is 0 Å². The third-order valence-electron chi connectivity index (χ3n) is 4.47. The van der Waals surface area contributed by atoms with Gasteiger partial charge in [0.05, 0.1) is 12.1 Å². The number of ether oxygens (including phenoxy) is 1. The summed E-state index contributed by atoms with van der Waals surface area (Å²) in [5, 5.41) is 0.426. The number of nitrogens with zero attached hydrogens (tertiary/aromatic N) is 1. The van der Waals surface area contributed by atoms with E-state index in [9.17, 15) is 4.79 Å². The van der Waals surface area contributed by atoms with Crippen LogP contribution < -0.4 is 4.74 Å². The fourth-order valence-corrected chi connectivity index (χ4v) is 3.71. The van der Waals surface area contributed by atoms with Gasteiger partial charge in [0.15, 0.2) is 0 Å². The Morgan fingerprint density at radius 3 is 2.56 bits per heavy atom. The Morgan fingerprint density at radius 2 is 1.81 bits per heavy atom. The van der Waals surface area contributed by atoms with Crippen molar-refractivity contribution in [3.05, 3.63) is 93.7 Å². The fraction of sp³-hybridized carbons (Fsp3) is 0.0455. The van der Waals surface area contributed by atoms with Crippen LogP contribution in [-0.4, -0.2) is 17.3 Å². The number of pyridine rings is 1. The van der Waals surface area contributed by atoms with E-state index in [-0.39, 0.29) is 5.78 Å². The van der Waals surface area contributed by atoms with Gasteiger partial charge in [0.1, 0.15) is 11.4 Å². The van der Waals surface area contributed by atoms with E-state index in [2.05, 4.69) is 15.9 Å². The van der Waals surface area contributed by atoms with Crippen molar-refractivity contribution in [2.24, 2.45) is 0 Å². The van der Waals surface area contributed by atoms with Gasteiger partial charge in [-0.2, -0.15) is 0 Å². The molecule has 4 rings (SSSR count). The molecule has 0 amide bonds. The first kappa shape index (κ1) is 17.8. The second-order valence-corrected chi connectivity index (χ2v) is 7.41. The van der Waals surface area contributed by atoms with Crippen molar-refractivity contribution < 1.29 is 9.53 Å². The zero-order valence-electron chi connectivity index (χ0n) is 14.4. The predicted molar refractivity (Wildman–Crippen MR) is 112 cm³/mol. The SMILES string of the molecule is COc1ccc(-c2cc3ccccn3c2C(=O)c2cc(Br)ccc2Cl)cc1. The van der Waals surface area contributed by atoms with Crippen LogP contribution in [0.3, 0.4) is 0 Å². The molecule has 0 saturated carbocycles. The molecule has 27 heavy (non-hydrogen) atoms. The van der Waals surface area contributed by atoms with E-state index in [1.54, 1.807) is 19.2 Å². The van der Waals surface area contributed by atoms with Gasteiger partial charge in [0, 0.05) is 27.3 Å². The molecule has 0 atom stereocenters. The van der Waals surface area contributed by atoms with E-state index in [1.165, 1.54) is 0 Å². The number of rotatable bonds is 4. The van der Waals surface area contributed by atoms with E-state index in [0.717, 1.165) is 26.9 Å². The van der Waals surface area contributed by atoms with Gasteiger partial charge in [-0.25, -0.2) is 0 Å². The van der Waals surface area contributed by atoms with Crippen LogP contribution in [0.5, 0.6) is 5.75 Å². The third-order valence-corrected chi connectivity index (χ3v) is 5.29. The molecule has 0 aliphatic heterocycles. The van der Waals surface area contributed by atoms with Crippen LogP contribution in [0.2, 0.25) is 5.02 Å². The number of halogens is 2. The van der Waals surface area contributed by atoms with Crippen molar-refractivity contribution in [3.63, 3.8) is 0 Å². The molecule has 5 heteroatoms. The standard InChI is InChI=1S/C22H15BrClNO2/c1-27-17-8-5-14(6-9-17)18-13-16-4-2-3-11-25(16)21(18)22(26)19-12-15(23)7-10-20(19)24/h2-13H,1H3. The highest BCUT2D eigenvalue weighted by Crippen LogP contribution is 2.32. The van der Waals surface area contributed by atoms with E-state index >= 15 is 0 Å². The lowest BCUT2D eigenvalue weighted by Gasteiger charge is -2.09. The maximum Gasteiger partial charge on any atom is 0.211 e. The van der Waals surface area contributed by atoms with Gasteiger partial charge < -0.3 is 9.14 Å². The molecule has 134 valence electrons. The van der Waals surface area contributed by atoms with Crippen molar-refractivity contribution in [1.82, 2.24) is 4.40 Å². The number of benzene rings is 2. The van der Waals surface area contributed by atoms with Crippen molar-refractivity contribution in [2.75, 3.05) is 7.11 Å². The normalized spacial score (nSPS) is 10.9. The van der Waals surface area contributed by atoms with Crippen LogP contribution >= 0.6 is 27.5 Å². The van der Waals surface area contributed by atoms with E-state index in [1.807, 2.05) is 65.2 Å². The summed E-state index contributed by atoms with van der Waals surface area (Å²) >= 11 is 9.76. The third kappa shape index (κ3) is 3.27. The molecule has 2 aromatic carbocycles. The lowest BCUT2D eigenvalue weighted by Crippen LogP contribution is -2.07. The largest absolute Gasteiger partial charge is 0.497 e. The summed E-state index contributed by atoms with van der Waals surface area (Å²) in [6.07, 6.45) is 1.89. The van der Waals surface area contributed by atoms with Gasteiger partial charge in [-0.15, -0.1) is 0 Å². The molecule has 2 aromatic heterocycles. The minimum Gasteiger partial charge on any atom is -0.497 e. The fourth-order valence-electron chi connectivity index (χ4n) is 3.14. The molecule has 0 saturated heterocycles. The molecule has 0 bridgehead atoms. The Morgan fingerprint density at radius 1 is 1.04 bits per heavy atom. The van der Waals surface area contributed by atoms with Crippen LogP contribution in [0.25, 0.3) is 16.6 Å². The van der Waals surface area contributed by atoms with Crippen LogP contribution in [0, 0.1) is 0 Å². The van der Waals surface area contributed by atoms with E-state index in [0.29, 0.717) is 16.3 Å². The lowest BCUT2D eigenvalue weighted by molar-refractivity contribution is 0.103. The monoisotopic (exact) mass is 439 g/mol. The highest BCUT2D eigenvalue weighted by atomic mass is 79.9. The van der Waals surface area contributed by atoms with Crippen molar-refractivity contribution in [3.8, 4) is 16.9 Å². The summed E-state index contributed by atoms with van der Waals surface area (Å²) < 4.78 is 7.95. The maximum atomic E-state index is 13.5. The Balaban J connectivity index is 1.95. The number of fused-ring (bicyclic) bond motifs is 1. The van der Waals surface area contributed by atoms with E-state index in [4.69, 9.17) is 16.3 Å². The molecular formula is C22H15BrClNO2. The molecule has 0 fully saturated rings. The number of ketones is 1. The van der Waals surface area contributed by atoms with Crippen molar-refractivity contribution in [2.45, 2.75) is 0 Å². The molecule has 0 spiro atoms. The van der Waals surface area contributed by atoms with Crippen LogP contribution in [0.4, 0.5) is 0 Å². The second kappa shape index (κ2) is 7.22.